The maximum atomic E-state index is 13.6. The molecule has 0 unspecified atom stereocenters. The Kier molecular flexibility index (Phi) is 5.91. The van der Waals surface area contributed by atoms with Crippen molar-refractivity contribution >= 4 is 11.6 Å². The molecular weight excluding hydrogens is 423 g/mol. The van der Waals surface area contributed by atoms with Crippen molar-refractivity contribution in [3.05, 3.63) is 87.1 Å². The molecule has 0 saturated heterocycles. The van der Waals surface area contributed by atoms with Crippen molar-refractivity contribution in [3.8, 4) is 22.8 Å². The van der Waals surface area contributed by atoms with Gasteiger partial charge < -0.3 is 14.4 Å². The molecule has 7 nitrogen and oxygen atoms in total. The molecule has 33 heavy (non-hydrogen) atoms. The molecule has 0 spiro atoms. The normalized spacial score (nSPS) is 10.9. The highest BCUT2D eigenvalue weighted by Crippen LogP contribution is 2.23. The lowest BCUT2D eigenvalue weighted by atomic mass is 10.1. The van der Waals surface area contributed by atoms with Gasteiger partial charge in [-0.3, -0.25) is 9.59 Å². The first-order chi connectivity index (χ1) is 15.7. The Morgan fingerprint density at radius 3 is 2.48 bits per heavy atom. The molecular formula is C25H23FN4O3. The van der Waals surface area contributed by atoms with Gasteiger partial charge in [0.05, 0.1) is 0 Å². The average Bonchev–Trinajstić information content (AvgIpc) is 3.24. The lowest BCUT2D eigenvalue weighted by molar-refractivity contribution is -0.116. The van der Waals surface area contributed by atoms with E-state index < -0.39 is 17.3 Å². The molecule has 1 amide bonds. The number of hydrogen-bond donors (Lipinski definition) is 1. The lowest BCUT2D eigenvalue weighted by Crippen LogP contribution is -2.31. The van der Waals surface area contributed by atoms with E-state index in [0.29, 0.717) is 28.3 Å². The number of aryl methyl sites for hydroxylation is 4. The highest BCUT2D eigenvalue weighted by atomic mass is 19.1. The third-order valence-electron chi connectivity index (χ3n) is 5.43. The maximum absolute atomic E-state index is 13.6. The quantitative estimate of drug-likeness (QED) is 0.485. The summed E-state index contributed by atoms with van der Waals surface area (Å²) >= 11 is 0. The van der Waals surface area contributed by atoms with Gasteiger partial charge in [0.1, 0.15) is 17.9 Å². The fraction of sp³-hybridized carbons (Fsp3) is 0.200. The minimum absolute atomic E-state index is 0.0863. The van der Waals surface area contributed by atoms with Crippen LogP contribution in [0.3, 0.4) is 0 Å². The second-order valence-corrected chi connectivity index (χ2v) is 8.03. The van der Waals surface area contributed by atoms with Gasteiger partial charge in [0.25, 0.3) is 11.4 Å². The zero-order chi connectivity index (χ0) is 23.7. The van der Waals surface area contributed by atoms with Crippen LogP contribution in [-0.2, 0) is 11.3 Å². The van der Waals surface area contributed by atoms with E-state index in [9.17, 15) is 14.0 Å². The highest BCUT2D eigenvalue weighted by molar-refractivity contribution is 5.91. The van der Waals surface area contributed by atoms with Crippen LogP contribution in [0.25, 0.3) is 22.8 Å². The number of halogens is 1. The van der Waals surface area contributed by atoms with Gasteiger partial charge in [-0.25, -0.2) is 4.39 Å². The monoisotopic (exact) mass is 446 g/mol. The first-order valence-corrected chi connectivity index (χ1v) is 10.4. The molecule has 0 bridgehead atoms. The van der Waals surface area contributed by atoms with Crippen LogP contribution in [0.2, 0.25) is 0 Å². The molecule has 2 heterocycles. The van der Waals surface area contributed by atoms with Crippen molar-refractivity contribution in [2.45, 2.75) is 34.2 Å². The minimum atomic E-state index is -0.456. The topological polar surface area (TPSA) is 90.0 Å². The summed E-state index contributed by atoms with van der Waals surface area (Å²) in [5, 5.41) is 6.68. The number of hydrogen-bond acceptors (Lipinski definition) is 5. The van der Waals surface area contributed by atoms with E-state index >= 15 is 0 Å². The first-order valence-electron chi connectivity index (χ1n) is 10.4. The van der Waals surface area contributed by atoms with E-state index in [-0.39, 0.29) is 18.0 Å². The van der Waals surface area contributed by atoms with Gasteiger partial charge in [0.2, 0.25) is 11.7 Å². The predicted octanol–water partition coefficient (Wildman–Crippen LogP) is 4.58. The molecule has 0 fully saturated rings. The van der Waals surface area contributed by atoms with E-state index in [1.54, 1.807) is 32.9 Å². The Balaban J connectivity index is 1.65. The summed E-state index contributed by atoms with van der Waals surface area (Å²) < 4.78 is 20.3. The number of carbonyl (C=O) groups is 1. The molecule has 4 aromatic rings. The van der Waals surface area contributed by atoms with E-state index in [0.717, 1.165) is 11.1 Å². The Morgan fingerprint density at radius 2 is 1.76 bits per heavy atom. The lowest BCUT2D eigenvalue weighted by Gasteiger charge is -2.14. The molecule has 4 rings (SSSR count). The fourth-order valence-corrected chi connectivity index (χ4v) is 3.59. The number of nitrogens with zero attached hydrogens (tertiary/aromatic N) is 3. The predicted molar refractivity (Wildman–Crippen MR) is 123 cm³/mol. The summed E-state index contributed by atoms with van der Waals surface area (Å²) in [4.78, 5) is 30.4. The molecule has 0 aliphatic rings. The molecule has 1 N–H and O–H groups in total. The molecule has 0 saturated carbocycles. The zero-order valence-electron chi connectivity index (χ0n) is 18.8. The Hall–Kier alpha value is -4.07. The number of anilines is 1. The molecule has 0 aliphatic carbocycles. The number of aromatic nitrogens is 3. The Morgan fingerprint density at radius 1 is 1.03 bits per heavy atom. The van der Waals surface area contributed by atoms with Crippen LogP contribution in [0, 0.1) is 33.5 Å². The van der Waals surface area contributed by atoms with Crippen LogP contribution in [-0.4, -0.2) is 20.6 Å². The van der Waals surface area contributed by atoms with Crippen LogP contribution >= 0.6 is 0 Å². The van der Waals surface area contributed by atoms with Crippen LogP contribution < -0.4 is 10.9 Å². The maximum Gasteiger partial charge on any atom is 0.264 e. The summed E-state index contributed by atoms with van der Waals surface area (Å²) in [6, 6.07) is 13.6. The van der Waals surface area contributed by atoms with Crippen molar-refractivity contribution in [3.63, 3.8) is 0 Å². The first kappa shape index (κ1) is 22.1. The third-order valence-corrected chi connectivity index (χ3v) is 5.43. The van der Waals surface area contributed by atoms with Crippen molar-refractivity contribution in [1.82, 2.24) is 14.7 Å². The van der Waals surface area contributed by atoms with E-state index in [1.165, 1.54) is 16.7 Å². The van der Waals surface area contributed by atoms with Crippen LogP contribution in [0.15, 0.2) is 57.8 Å². The number of benzene rings is 2. The summed E-state index contributed by atoms with van der Waals surface area (Å²) in [5.41, 5.74) is 4.03. The van der Waals surface area contributed by atoms with Crippen molar-refractivity contribution in [1.29, 1.82) is 0 Å². The van der Waals surface area contributed by atoms with Crippen LogP contribution in [0.1, 0.15) is 22.4 Å². The fourth-order valence-electron chi connectivity index (χ4n) is 3.59. The number of carbonyl (C=O) groups excluding carboxylic acids is 1. The molecule has 168 valence electrons. The second-order valence-electron chi connectivity index (χ2n) is 8.03. The van der Waals surface area contributed by atoms with Gasteiger partial charge in [0, 0.05) is 16.9 Å². The number of rotatable bonds is 5. The van der Waals surface area contributed by atoms with Crippen LogP contribution in [0.4, 0.5) is 10.1 Å². The van der Waals surface area contributed by atoms with E-state index in [4.69, 9.17) is 4.52 Å². The second kappa shape index (κ2) is 8.82. The molecule has 8 heteroatoms. The summed E-state index contributed by atoms with van der Waals surface area (Å²) in [6.45, 7) is 7.02. The van der Waals surface area contributed by atoms with E-state index in [1.807, 2.05) is 31.2 Å². The summed E-state index contributed by atoms with van der Waals surface area (Å²) in [6.07, 6.45) is 0. The van der Waals surface area contributed by atoms with Gasteiger partial charge in [0.15, 0.2) is 0 Å². The van der Waals surface area contributed by atoms with Crippen molar-refractivity contribution in [2.75, 3.05) is 5.32 Å². The number of amides is 1. The van der Waals surface area contributed by atoms with Gasteiger partial charge in [-0.1, -0.05) is 41.1 Å². The number of nitrogens with one attached hydrogen (secondary N) is 1. The molecule has 0 atom stereocenters. The van der Waals surface area contributed by atoms with Crippen molar-refractivity contribution < 1.29 is 13.7 Å². The van der Waals surface area contributed by atoms with Crippen molar-refractivity contribution in [2.24, 2.45) is 0 Å². The molecule has 0 radical (unpaired) electrons. The third kappa shape index (κ3) is 4.59. The SMILES string of the molecule is Cc1ccc(-c2noc(-c3c(C)cc(C)n(CC(=O)Nc4cc(F)ccc4C)c3=O)n2)cc1. The highest BCUT2D eigenvalue weighted by Gasteiger charge is 2.20. The van der Waals surface area contributed by atoms with Gasteiger partial charge in [-0.05, 0) is 57.0 Å². The average molecular weight is 446 g/mol. The van der Waals surface area contributed by atoms with E-state index in [2.05, 4.69) is 15.5 Å². The Labute approximate surface area is 189 Å². The summed E-state index contributed by atoms with van der Waals surface area (Å²) in [7, 11) is 0. The van der Waals surface area contributed by atoms with Gasteiger partial charge in [-0.2, -0.15) is 4.98 Å². The Bertz CT molecular complexity index is 1400. The molecule has 2 aromatic carbocycles. The largest absolute Gasteiger partial charge is 0.333 e. The zero-order valence-corrected chi connectivity index (χ0v) is 18.8. The number of pyridine rings is 1. The summed E-state index contributed by atoms with van der Waals surface area (Å²) in [5.74, 6) is -0.448. The smallest absolute Gasteiger partial charge is 0.264 e. The van der Waals surface area contributed by atoms with Crippen LogP contribution in [0.5, 0.6) is 0 Å². The van der Waals surface area contributed by atoms with Gasteiger partial charge >= 0.3 is 0 Å². The molecule has 0 aliphatic heterocycles. The van der Waals surface area contributed by atoms with Gasteiger partial charge in [-0.15, -0.1) is 0 Å². The standard InChI is InChI=1S/C25H23FN4O3/c1-14-5-8-18(9-6-14)23-28-24(33-29-23)22-16(3)11-17(4)30(25(22)32)13-21(31)27-20-12-19(26)10-7-15(20)2/h5-12H,13H2,1-4H3,(H,27,31). The molecule has 2 aromatic heterocycles. The minimum Gasteiger partial charge on any atom is -0.333 e.